The molecular weight excluding hydrogens is 396 g/mol. The minimum atomic E-state index is -0.688. The maximum Gasteiger partial charge on any atom is 0.332 e. The maximum absolute atomic E-state index is 13.2. The molecule has 0 saturated carbocycles. The summed E-state index contributed by atoms with van der Waals surface area (Å²) < 4.78 is 7.71. The minimum absolute atomic E-state index is 0.215. The first-order valence-corrected chi connectivity index (χ1v) is 9.78. The predicted molar refractivity (Wildman–Crippen MR) is 118 cm³/mol. The van der Waals surface area contributed by atoms with E-state index >= 15 is 0 Å². The number of hydrogen-bond acceptors (Lipinski definition) is 4. The highest BCUT2D eigenvalue weighted by molar-refractivity contribution is 6.08. The summed E-state index contributed by atoms with van der Waals surface area (Å²) in [6, 6.07) is 14.8. The molecule has 0 spiro atoms. The molecule has 0 fully saturated rings. The van der Waals surface area contributed by atoms with Crippen LogP contribution in [0.1, 0.15) is 17.0 Å². The van der Waals surface area contributed by atoms with Crippen molar-refractivity contribution < 1.29 is 9.53 Å². The number of benzene rings is 2. The van der Waals surface area contributed by atoms with E-state index in [0.29, 0.717) is 33.7 Å². The van der Waals surface area contributed by atoms with E-state index < -0.39 is 17.2 Å². The van der Waals surface area contributed by atoms with Crippen LogP contribution < -0.4 is 21.3 Å². The van der Waals surface area contributed by atoms with Crippen LogP contribution in [0, 0.1) is 0 Å². The quantitative estimate of drug-likeness (QED) is 0.536. The van der Waals surface area contributed by atoms with Crippen LogP contribution in [0.25, 0.3) is 22.3 Å². The zero-order valence-corrected chi connectivity index (χ0v) is 17.2. The van der Waals surface area contributed by atoms with Gasteiger partial charge in [0.25, 0.3) is 5.56 Å². The highest BCUT2D eigenvalue weighted by Gasteiger charge is 2.37. The fraction of sp³-hybridized carbons (Fsp3) is 0.174. The number of nitrogens with one attached hydrogen (secondary N) is 2. The summed E-state index contributed by atoms with van der Waals surface area (Å²) in [6.07, 6.45) is 0. The molecular formula is C23H20N4O4. The van der Waals surface area contributed by atoms with Crippen molar-refractivity contribution in [3.05, 3.63) is 80.5 Å². The summed E-state index contributed by atoms with van der Waals surface area (Å²) in [5.41, 5.74) is 2.95. The van der Waals surface area contributed by atoms with Crippen molar-refractivity contribution >= 4 is 22.6 Å². The summed E-state index contributed by atoms with van der Waals surface area (Å²) in [5.74, 6) is -0.214. The molecule has 2 aromatic carbocycles. The summed E-state index contributed by atoms with van der Waals surface area (Å²) in [4.78, 5) is 42.1. The number of rotatable bonds is 3. The third-order valence-electron chi connectivity index (χ3n) is 5.91. The monoisotopic (exact) mass is 416 g/mol. The lowest BCUT2D eigenvalue weighted by Crippen LogP contribution is -2.37. The number of anilines is 1. The molecule has 0 aliphatic carbocycles. The molecule has 4 aromatic rings. The molecule has 0 radical (unpaired) electrons. The molecule has 5 rings (SSSR count). The Balaban J connectivity index is 1.91. The maximum atomic E-state index is 13.2. The first-order valence-electron chi connectivity index (χ1n) is 9.78. The second kappa shape index (κ2) is 6.73. The number of aromatic amines is 1. The number of methoxy groups -OCH3 is 1. The van der Waals surface area contributed by atoms with Gasteiger partial charge in [-0.25, -0.2) is 4.79 Å². The van der Waals surface area contributed by atoms with E-state index in [9.17, 15) is 14.4 Å². The van der Waals surface area contributed by atoms with Gasteiger partial charge in [0, 0.05) is 25.3 Å². The van der Waals surface area contributed by atoms with Crippen molar-refractivity contribution in [2.75, 3.05) is 12.4 Å². The predicted octanol–water partition coefficient (Wildman–Crippen LogP) is 2.32. The van der Waals surface area contributed by atoms with Crippen LogP contribution >= 0.6 is 0 Å². The van der Waals surface area contributed by atoms with Gasteiger partial charge in [-0.05, 0) is 41.5 Å². The van der Waals surface area contributed by atoms with Crippen LogP contribution in [0.15, 0.2) is 58.1 Å². The van der Waals surface area contributed by atoms with Crippen LogP contribution in [0.5, 0.6) is 5.75 Å². The van der Waals surface area contributed by atoms with Gasteiger partial charge in [-0.2, -0.15) is 0 Å². The number of H-pyrrole nitrogens is 1. The fourth-order valence-electron chi connectivity index (χ4n) is 4.31. The summed E-state index contributed by atoms with van der Waals surface area (Å²) >= 11 is 0. The molecule has 31 heavy (non-hydrogen) atoms. The number of aryl methyl sites for hydroxylation is 1. The Morgan fingerprint density at radius 2 is 1.65 bits per heavy atom. The van der Waals surface area contributed by atoms with Crippen molar-refractivity contribution in [1.29, 1.82) is 0 Å². The Morgan fingerprint density at radius 1 is 0.935 bits per heavy atom. The highest BCUT2D eigenvalue weighted by atomic mass is 16.5. The van der Waals surface area contributed by atoms with Crippen molar-refractivity contribution in [3.63, 3.8) is 0 Å². The number of carbonyl (C=O) groups excluding carboxylic acids is 1. The summed E-state index contributed by atoms with van der Waals surface area (Å²) in [6.45, 7) is 0. The van der Waals surface area contributed by atoms with Gasteiger partial charge < -0.3 is 15.0 Å². The van der Waals surface area contributed by atoms with Crippen LogP contribution in [0.2, 0.25) is 0 Å². The van der Waals surface area contributed by atoms with Crippen molar-refractivity contribution in [2.45, 2.75) is 5.92 Å². The summed E-state index contributed by atoms with van der Waals surface area (Å²) in [5, 5.41) is 3.23. The zero-order valence-electron chi connectivity index (χ0n) is 17.2. The van der Waals surface area contributed by atoms with E-state index in [2.05, 4.69) is 10.3 Å². The Hall–Kier alpha value is -4.07. The van der Waals surface area contributed by atoms with E-state index in [1.54, 1.807) is 14.2 Å². The molecule has 8 heteroatoms. The first kappa shape index (κ1) is 18.9. The topological polar surface area (TPSA) is 98.1 Å². The van der Waals surface area contributed by atoms with Gasteiger partial charge in [-0.1, -0.05) is 18.2 Å². The Bertz CT molecular complexity index is 1470. The molecule has 0 bridgehead atoms. The van der Waals surface area contributed by atoms with Gasteiger partial charge in [0.2, 0.25) is 5.91 Å². The zero-order chi connectivity index (χ0) is 21.9. The molecule has 0 saturated heterocycles. The Labute approximate surface area is 176 Å². The largest absolute Gasteiger partial charge is 0.497 e. The van der Waals surface area contributed by atoms with Crippen molar-refractivity contribution in [2.24, 2.45) is 14.1 Å². The van der Waals surface area contributed by atoms with E-state index in [1.165, 1.54) is 11.6 Å². The minimum Gasteiger partial charge on any atom is -0.497 e. The molecule has 3 heterocycles. The smallest absolute Gasteiger partial charge is 0.332 e. The number of amides is 1. The Morgan fingerprint density at radius 3 is 2.35 bits per heavy atom. The number of ether oxygens (including phenoxy) is 1. The van der Waals surface area contributed by atoms with Crippen LogP contribution in [-0.2, 0) is 18.9 Å². The number of carbonyl (C=O) groups is 1. The van der Waals surface area contributed by atoms with E-state index in [0.717, 1.165) is 15.7 Å². The lowest BCUT2D eigenvalue weighted by atomic mass is 9.89. The third-order valence-corrected chi connectivity index (χ3v) is 5.91. The van der Waals surface area contributed by atoms with E-state index in [-0.39, 0.29) is 5.91 Å². The molecule has 1 aliphatic rings. The first-order chi connectivity index (χ1) is 14.9. The Kier molecular flexibility index (Phi) is 4.11. The number of aromatic nitrogens is 3. The van der Waals surface area contributed by atoms with Crippen molar-refractivity contribution in [1.82, 2.24) is 14.1 Å². The normalized spacial score (nSPS) is 15.2. The van der Waals surface area contributed by atoms with Crippen molar-refractivity contribution in [3.8, 4) is 17.0 Å². The number of hydrogen-bond donors (Lipinski definition) is 2. The van der Waals surface area contributed by atoms with Gasteiger partial charge in [-0.15, -0.1) is 0 Å². The molecule has 2 aromatic heterocycles. The molecule has 8 nitrogen and oxygen atoms in total. The van der Waals surface area contributed by atoms with Gasteiger partial charge >= 0.3 is 5.69 Å². The highest BCUT2D eigenvalue weighted by Crippen LogP contribution is 2.43. The van der Waals surface area contributed by atoms with Crippen LogP contribution in [0.3, 0.4) is 0 Å². The SMILES string of the molecule is COc1ccc(-c2[nH]c3c(c2C2C(=O)Nc4ccccc42)c(=O)n(C)c(=O)n3C)cc1. The fourth-order valence-corrected chi connectivity index (χ4v) is 4.31. The van der Waals surface area contributed by atoms with Crippen LogP contribution in [-0.4, -0.2) is 27.1 Å². The molecule has 2 N–H and O–H groups in total. The van der Waals surface area contributed by atoms with Crippen LogP contribution in [0.4, 0.5) is 5.69 Å². The average Bonchev–Trinajstić information content (AvgIpc) is 3.33. The standard InChI is InChI=1S/C23H20N4O4/c1-26-20-18(22(29)27(2)23(26)30)17(16-14-6-4-5-7-15(14)24-21(16)28)19(25-20)12-8-10-13(31-3)11-9-12/h4-11,16,25H,1-3H3,(H,24,28). The molecule has 1 amide bonds. The number of fused-ring (bicyclic) bond motifs is 2. The second-order valence-corrected chi connectivity index (χ2v) is 7.58. The van der Waals surface area contributed by atoms with E-state index in [1.807, 2.05) is 48.5 Å². The summed E-state index contributed by atoms with van der Waals surface area (Å²) in [7, 11) is 4.63. The lowest BCUT2D eigenvalue weighted by Gasteiger charge is -2.12. The third kappa shape index (κ3) is 2.64. The van der Waals surface area contributed by atoms with E-state index in [4.69, 9.17) is 4.74 Å². The van der Waals surface area contributed by atoms with Gasteiger partial charge in [-0.3, -0.25) is 18.7 Å². The van der Waals surface area contributed by atoms with Gasteiger partial charge in [0.05, 0.1) is 24.1 Å². The number of nitrogens with zero attached hydrogens (tertiary/aromatic N) is 2. The molecule has 1 unspecified atom stereocenters. The molecule has 1 aliphatic heterocycles. The van der Waals surface area contributed by atoms with Gasteiger partial charge in [0.1, 0.15) is 11.4 Å². The molecule has 1 atom stereocenters. The van der Waals surface area contributed by atoms with Gasteiger partial charge in [0.15, 0.2) is 0 Å². The second-order valence-electron chi connectivity index (χ2n) is 7.58. The number of para-hydroxylation sites is 1. The lowest BCUT2D eigenvalue weighted by molar-refractivity contribution is -0.116. The average molecular weight is 416 g/mol. The molecule has 156 valence electrons.